The predicted molar refractivity (Wildman–Crippen MR) is 104 cm³/mol. The number of benzene rings is 1. The van der Waals surface area contributed by atoms with Crippen molar-refractivity contribution in [1.29, 1.82) is 0 Å². The molecule has 0 aliphatic carbocycles. The zero-order valence-corrected chi connectivity index (χ0v) is 18.0. The van der Waals surface area contributed by atoms with Gasteiger partial charge < -0.3 is 18.9 Å². The van der Waals surface area contributed by atoms with Crippen molar-refractivity contribution in [1.82, 2.24) is 19.2 Å². The summed E-state index contributed by atoms with van der Waals surface area (Å²) in [5, 5.41) is 0. The van der Waals surface area contributed by atoms with Crippen LogP contribution in [0.15, 0.2) is 35.5 Å². The molecule has 0 bridgehead atoms. The molecule has 1 heterocycles. The lowest BCUT2D eigenvalue weighted by Gasteiger charge is -2.18. The van der Waals surface area contributed by atoms with Crippen molar-refractivity contribution >= 4 is 15.9 Å². The third kappa shape index (κ3) is 6.85. The van der Waals surface area contributed by atoms with E-state index in [2.05, 4.69) is 9.71 Å². The second kappa shape index (κ2) is 10.0. The number of ether oxygens (including phenoxy) is 2. The van der Waals surface area contributed by atoms with Crippen molar-refractivity contribution in [3.63, 3.8) is 0 Å². The summed E-state index contributed by atoms with van der Waals surface area (Å²) >= 11 is 0. The molecule has 0 aliphatic heterocycles. The Morgan fingerprint density at radius 3 is 2.52 bits per heavy atom. The lowest BCUT2D eigenvalue weighted by atomic mass is 10.3. The van der Waals surface area contributed by atoms with Crippen LogP contribution in [0.1, 0.15) is 12.2 Å². The molecule has 0 aliphatic rings. The van der Waals surface area contributed by atoms with E-state index in [1.807, 2.05) is 0 Å². The van der Waals surface area contributed by atoms with Crippen molar-refractivity contribution < 1.29 is 35.9 Å². The van der Waals surface area contributed by atoms with Crippen molar-refractivity contribution in [3.05, 3.63) is 36.4 Å². The van der Waals surface area contributed by atoms with Crippen molar-refractivity contribution in [2.75, 3.05) is 27.8 Å². The number of sulfonamides is 1. The number of carbonyl (C=O) groups is 1. The summed E-state index contributed by atoms with van der Waals surface area (Å²) in [6.07, 6.45) is -2.21. The highest BCUT2D eigenvalue weighted by molar-refractivity contribution is 7.89. The molecule has 172 valence electrons. The third-order valence-corrected chi connectivity index (χ3v) is 5.71. The van der Waals surface area contributed by atoms with Crippen LogP contribution in [0, 0.1) is 0 Å². The van der Waals surface area contributed by atoms with Crippen LogP contribution in [0.2, 0.25) is 0 Å². The Morgan fingerprint density at radius 2 is 1.90 bits per heavy atom. The van der Waals surface area contributed by atoms with Crippen LogP contribution in [0.5, 0.6) is 11.5 Å². The summed E-state index contributed by atoms with van der Waals surface area (Å²) in [7, 11) is 0.276. The molecule has 0 unspecified atom stereocenters. The normalized spacial score (nSPS) is 11.9. The van der Waals surface area contributed by atoms with Gasteiger partial charge in [0.1, 0.15) is 12.4 Å². The van der Waals surface area contributed by atoms with Gasteiger partial charge in [-0.2, -0.15) is 13.2 Å². The van der Waals surface area contributed by atoms with Crippen molar-refractivity contribution in [2.45, 2.75) is 30.6 Å². The maximum atomic E-state index is 12.6. The molecule has 0 radical (unpaired) electrons. The minimum atomic E-state index is -4.42. The van der Waals surface area contributed by atoms with Gasteiger partial charge in [0.15, 0.2) is 11.5 Å². The Hall–Kier alpha value is -2.80. The van der Waals surface area contributed by atoms with Gasteiger partial charge in [0.25, 0.3) is 0 Å². The maximum Gasteiger partial charge on any atom is 0.406 e. The van der Waals surface area contributed by atoms with Gasteiger partial charge in [0, 0.05) is 38.5 Å². The van der Waals surface area contributed by atoms with Gasteiger partial charge in [0.05, 0.1) is 25.7 Å². The Kier molecular flexibility index (Phi) is 7.90. The number of nitrogens with one attached hydrogen (secondary N) is 1. The van der Waals surface area contributed by atoms with Crippen LogP contribution in [-0.4, -0.2) is 62.8 Å². The van der Waals surface area contributed by atoms with E-state index in [0.717, 1.165) is 4.57 Å². The summed E-state index contributed by atoms with van der Waals surface area (Å²) in [5.41, 5.74) is 0. The molecule has 2 aromatic rings. The molecular formula is C18H23F3N4O5S. The maximum absolute atomic E-state index is 12.6. The standard InChI is InChI=1S/C18H23F3N4O5S/c1-24(11-16-22-8-9-25(16)12-18(19,20)21)17(26)6-7-23-31(27,28)13-4-5-14(29-2)15(10-13)30-3/h4-5,8-10,23H,6-7,11-12H2,1-3H3. The second-order valence-corrected chi connectivity index (χ2v) is 8.27. The third-order valence-electron chi connectivity index (χ3n) is 4.25. The fourth-order valence-electron chi connectivity index (χ4n) is 2.68. The van der Waals surface area contributed by atoms with E-state index in [-0.39, 0.29) is 36.0 Å². The number of rotatable bonds is 10. The molecule has 0 atom stereocenters. The molecule has 9 nitrogen and oxygen atoms in total. The molecule has 1 N–H and O–H groups in total. The van der Waals surface area contributed by atoms with Gasteiger partial charge in [-0.3, -0.25) is 4.79 Å². The van der Waals surface area contributed by atoms with Crippen molar-refractivity contribution in [2.24, 2.45) is 0 Å². The Bertz CT molecular complexity index is 1010. The van der Waals surface area contributed by atoms with Crippen LogP contribution in [0.4, 0.5) is 13.2 Å². The van der Waals surface area contributed by atoms with Crippen LogP contribution < -0.4 is 14.2 Å². The Morgan fingerprint density at radius 1 is 1.23 bits per heavy atom. The van der Waals surface area contributed by atoms with Crippen LogP contribution in [-0.2, 0) is 27.9 Å². The van der Waals surface area contributed by atoms with Crippen LogP contribution in [0.3, 0.4) is 0 Å². The van der Waals surface area contributed by atoms with Gasteiger partial charge in [0.2, 0.25) is 15.9 Å². The minimum Gasteiger partial charge on any atom is -0.493 e. The molecule has 1 amide bonds. The monoisotopic (exact) mass is 464 g/mol. The molecule has 0 spiro atoms. The number of methoxy groups -OCH3 is 2. The zero-order valence-electron chi connectivity index (χ0n) is 17.1. The van der Waals surface area contributed by atoms with E-state index in [1.165, 1.54) is 56.8 Å². The summed E-state index contributed by atoms with van der Waals surface area (Å²) in [5.74, 6) is 0.202. The molecular weight excluding hydrogens is 441 g/mol. The fraction of sp³-hybridized carbons (Fsp3) is 0.444. The number of hydrogen-bond acceptors (Lipinski definition) is 6. The van der Waals surface area contributed by atoms with E-state index < -0.39 is 28.7 Å². The smallest absolute Gasteiger partial charge is 0.406 e. The first-order valence-corrected chi connectivity index (χ1v) is 10.5. The topological polar surface area (TPSA) is 103 Å². The largest absolute Gasteiger partial charge is 0.493 e. The van der Waals surface area contributed by atoms with Gasteiger partial charge in [-0.1, -0.05) is 0 Å². The van der Waals surface area contributed by atoms with E-state index in [9.17, 15) is 26.4 Å². The minimum absolute atomic E-state index is 0.0686. The average Bonchev–Trinajstić information content (AvgIpc) is 3.11. The number of halogens is 3. The van der Waals surface area contributed by atoms with Crippen LogP contribution >= 0.6 is 0 Å². The van der Waals surface area contributed by atoms with E-state index >= 15 is 0 Å². The Balaban J connectivity index is 1.93. The summed E-state index contributed by atoms with van der Waals surface area (Å²) in [6, 6.07) is 4.06. The molecule has 2 rings (SSSR count). The van der Waals surface area contributed by atoms with Gasteiger partial charge in [-0.25, -0.2) is 18.1 Å². The van der Waals surface area contributed by atoms with E-state index in [1.54, 1.807) is 0 Å². The quantitative estimate of drug-likeness (QED) is 0.575. The summed E-state index contributed by atoms with van der Waals surface area (Å²) in [4.78, 5) is 17.2. The van der Waals surface area contributed by atoms with Crippen molar-refractivity contribution in [3.8, 4) is 11.5 Å². The number of nitrogens with zero attached hydrogens (tertiary/aromatic N) is 3. The molecule has 1 aromatic heterocycles. The predicted octanol–water partition coefficient (Wildman–Crippen LogP) is 1.79. The average molecular weight is 464 g/mol. The highest BCUT2D eigenvalue weighted by Gasteiger charge is 2.29. The Labute approximate surface area is 177 Å². The number of carbonyl (C=O) groups excluding carboxylic acids is 1. The molecule has 13 heteroatoms. The summed E-state index contributed by atoms with van der Waals surface area (Å²) in [6.45, 7) is -1.56. The first kappa shape index (κ1) is 24.5. The van der Waals surface area contributed by atoms with Gasteiger partial charge in [-0.15, -0.1) is 0 Å². The number of aromatic nitrogens is 2. The highest BCUT2D eigenvalue weighted by atomic mass is 32.2. The number of alkyl halides is 3. The molecule has 0 saturated heterocycles. The SMILES string of the molecule is COc1ccc(S(=O)(=O)NCCC(=O)N(C)Cc2nccn2CC(F)(F)F)cc1OC. The lowest BCUT2D eigenvalue weighted by Crippen LogP contribution is -2.33. The number of imidazole rings is 1. The fourth-order valence-corrected chi connectivity index (χ4v) is 3.73. The zero-order chi connectivity index (χ0) is 23.2. The molecule has 0 fully saturated rings. The number of amides is 1. The molecule has 31 heavy (non-hydrogen) atoms. The van der Waals surface area contributed by atoms with Gasteiger partial charge in [-0.05, 0) is 12.1 Å². The number of hydrogen-bond donors (Lipinski definition) is 1. The summed E-state index contributed by atoms with van der Waals surface area (Å²) < 4.78 is 76.0. The van der Waals surface area contributed by atoms with E-state index in [4.69, 9.17) is 9.47 Å². The van der Waals surface area contributed by atoms with Crippen LogP contribution in [0.25, 0.3) is 0 Å². The second-order valence-electron chi connectivity index (χ2n) is 6.50. The lowest BCUT2D eigenvalue weighted by molar-refractivity contribution is -0.141. The van der Waals surface area contributed by atoms with Gasteiger partial charge >= 0.3 is 6.18 Å². The van der Waals surface area contributed by atoms with E-state index in [0.29, 0.717) is 5.75 Å². The molecule has 1 aromatic carbocycles. The first-order chi connectivity index (χ1) is 14.5. The highest BCUT2D eigenvalue weighted by Crippen LogP contribution is 2.29. The first-order valence-electron chi connectivity index (χ1n) is 8.99. The molecule has 0 saturated carbocycles.